The zero-order valence-corrected chi connectivity index (χ0v) is 14.5. The van der Waals surface area contributed by atoms with Crippen LogP contribution in [-0.4, -0.2) is 11.5 Å². The molecule has 21 heavy (non-hydrogen) atoms. The van der Waals surface area contributed by atoms with E-state index in [2.05, 4.69) is 51.9 Å². The second kappa shape index (κ2) is 7.84. The molecule has 1 aromatic carbocycles. The van der Waals surface area contributed by atoms with Gasteiger partial charge < -0.3 is 5.32 Å². The summed E-state index contributed by atoms with van der Waals surface area (Å²) in [6.45, 7) is 5.11. The topological polar surface area (TPSA) is 24.9 Å². The van der Waals surface area contributed by atoms with Crippen molar-refractivity contribution in [3.05, 3.63) is 62.7 Å². The summed E-state index contributed by atoms with van der Waals surface area (Å²) >= 11 is 2.20. The van der Waals surface area contributed by atoms with Gasteiger partial charge in [-0.2, -0.15) is 0 Å². The number of benzene rings is 1. The van der Waals surface area contributed by atoms with Crippen LogP contribution in [-0.2, 0) is 6.42 Å². The Morgan fingerprint density at radius 3 is 2.71 bits per heavy atom. The van der Waals surface area contributed by atoms with Crippen molar-refractivity contribution < 1.29 is 4.39 Å². The molecular weight excluding hydrogens is 378 g/mol. The van der Waals surface area contributed by atoms with Crippen LogP contribution in [0, 0.1) is 16.3 Å². The second-order valence-electron chi connectivity index (χ2n) is 5.20. The maximum Gasteiger partial charge on any atom is 0.124 e. The maximum atomic E-state index is 13.3. The van der Waals surface area contributed by atoms with Crippen molar-refractivity contribution in [1.29, 1.82) is 0 Å². The number of hydrogen-bond acceptors (Lipinski definition) is 2. The van der Waals surface area contributed by atoms with Crippen LogP contribution >= 0.6 is 22.6 Å². The molecule has 2 aromatic rings. The van der Waals surface area contributed by atoms with Crippen LogP contribution in [0.5, 0.6) is 0 Å². The van der Waals surface area contributed by atoms with E-state index in [1.54, 1.807) is 6.07 Å². The van der Waals surface area contributed by atoms with E-state index >= 15 is 0 Å². The molecule has 1 aromatic heterocycles. The molecule has 0 aliphatic rings. The third-order valence-electron chi connectivity index (χ3n) is 3.36. The van der Waals surface area contributed by atoms with Gasteiger partial charge in [0.25, 0.3) is 0 Å². The Kier molecular flexibility index (Phi) is 6.11. The van der Waals surface area contributed by atoms with Gasteiger partial charge in [-0.25, -0.2) is 4.39 Å². The van der Waals surface area contributed by atoms with Crippen LogP contribution in [0.4, 0.5) is 4.39 Å². The molecule has 0 amide bonds. The number of rotatable bonds is 6. The number of nitrogens with zero attached hydrogens (tertiary/aromatic N) is 1. The number of aromatic nitrogens is 1. The molecule has 0 bridgehead atoms. The van der Waals surface area contributed by atoms with E-state index in [1.165, 1.54) is 6.07 Å². The molecule has 0 saturated carbocycles. The average molecular weight is 398 g/mol. The number of hydrogen-bond donors (Lipinski definition) is 1. The third kappa shape index (κ3) is 4.74. The smallest absolute Gasteiger partial charge is 0.124 e. The predicted octanol–water partition coefficient (Wildman–Crippen LogP) is 4.42. The third-order valence-corrected chi connectivity index (χ3v) is 4.30. The lowest BCUT2D eigenvalue weighted by Crippen LogP contribution is -2.25. The van der Waals surface area contributed by atoms with Crippen molar-refractivity contribution in [2.24, 2.45) is 0 Å². The van der Waals surface area contributed by atoms with Gasteiger partial charge in [-0.05, 0) is 71.8 Å². The van der Waals surface area contributed by atoms with E-state index in [9.17, 15) is 4.39 Å². The molecule has 0 aliphatic carbocycles. The lowest BCUT2D eigenvalue weighted by atomic mass is 10.0. The first kappa shape index (κ1) is 16.4. The van der Waals surface area contributed by atoms with Gasteiger partial charge in [0.2, 0.25) is 0 Å². The van der Waals surface area contributed by atoms with Crippen molar-refractivity contribution in [2.45, 2.75) is 32.7 Å². The molecule has 2 nitrogen and oxygen atoms in total. The van der Waals surface area contributed by atoms with E-state index in [1.807, 2.05) is 19.2 Å². The Bertz CT molecular complexity index is 584. The second-order valence-corrected chi connectivity index (χ2v) is 6.37. The van der Waals surface area contributed by atoms with Gasteiger partial charge in [0.15, 0.2) is 0 Å². The van der Waals surface area contributed by atoms with Crippen LogP contribution in [0.3, 0.4) is 0 Å². The lowest BCUT2D eigenvalue weighted by molar-refractivity contribution is 0.520. The molecule has 1 heterocycles. The van der Waals surface area contributed by atoms with Gasteiger partial charge in [-0.3, -0.25) is 4.98 Å². The molecule has 0 radical (unpaired) electrons. The molecule has 1 N–H and O–H groups in total. The normalized spacial score (nSPS) is 12.4. The molecule has 0 saturated heterocycles. The number of halogens is 2. The summed E-state index contributed by atoms with van der Waals surface area (Å²) in [4.78, 5) is 4.48. The van der Waals surface area contributed by atoms with Crippen molar-refractivity contribution in [3.8, 4) is 0 Å². The molecule has 0 fully saturated rings. The number of pyridine rings is 1. The fourth-order valence-electron chi connectivity index (χ4n) is 2.22. The molecule has 112 valence electrons. The first-order chi connectivity index (χ1) is 10.1. The van der Waals surface area contributed by atoms with E-state index in [-0.39, 0.29) is 11.9 Å². The van der Waals surface area contributed by atoms with Crippen molar-refractivity contribution in [1.82, 2.24) is 10.3 Å². The summed E-state index contributed by atoms with van der Waals surface area (Å²) in [5.74, 6) is -0.189. The van der Waals surface area contributed by atoms with Crippen molar-refractivity contribution in [3.63, 3.8) is 0 Å². The molecule has 1 atom stereocenters. The Hall–Kier alpha value is -1.01. The first-order valence-electron chi connectivity index (χ1n) is 7.20. The molecule has 1 unspecified atom stereocenters. The summed E-state index contributed by atoms with van der Waals surface area (Å²) in [5.41, 5.74) is 3.34. The molecule has 2 rings (SSSR count). The lowest BCUT2D eigenvalue weighted by Gasteiger charge is -2.20. The van der Waals surface area contributed by atoms with Crippen molar-refractivity contribution in [2.75, 3.05) is 6.54 Å². The highest BCUT2D eigenvalue weighted by Crippen LogP contribution is 2.24. The Morgan fingerprint density at radius 1 is 1.29 bits per heavy atom. The summed E-state index contributed by atoms with van der Waals surface area (Å²) in [6, 6.07) is 9.28. The number of nitrogens with one attached hydrogen (secondary N) is 1. The van der Waals surface area contributed by atoms with Gasteiger partial charge in [0.05, 0.1) is 0 Å². The first-order valence-corrected chi connectivity index (χ1v) is 8.28. The average Bonchev–Trinajstić information content (AvgIpc) is 2.46. The molecular formula is C17H20FIN2. The summed E-state index contributed by atoms with van der Waals surface area (Å²) < 4.78 is 14.2. The molecule has 4 heteroatoms. The monoisotopic (exact) mass is 398 g/mol. The van der Waals surface area contributed by atoms with E-state index in [4.69, 9.17) is 0 Å². The van der Waals surface area contributed by atoms with Crippen LogP contribution in [0.25, 0.3) is 0 Å². The Balaban J connectivity index is 2.22. The quantitative estimate of drug-likeness (QED) is 0.729. The van der Waals surface area contributed by atoms with E-state index < -0.39 is 0 Å². The fourth-order valence-corrected chi connectivity index (χ4v) is 3.08. The fraction of sp³-hybridized carbons (Fsp3) is 0.353. The van der Waals surface area contributed by atoms with Gasteiger partial charge in [-0.15, -0.1) is 0 Å². The highest BCUT2D eigenvalue weighted by Gasteiger charge is 2.15. The van der Waals surface area contributed by atoms with Crippen LogP contribution in [0.1, 0.15) is 36.2 Å². The van der Waals surface area contributed by atoms with Crippen LogP contribution in [0.15, 0.2) is 36.5 Å². The highest BCUT2D eigenvalue weighted by molar-refractivity contribution is 14.1. The van der Waals surface area contributed by atoms with Gasteiger partial charge in [-0.1, -0.05) is 19.1 Å². The molecule has 0 aliphatic heterocycles. The van der Waals surface area contributed by atoms with Crippen molar-refractivity contribution >= 4 is 22.6 Å². The zero-order valence-electron chi connectivity index (χ0n) is 12.4. The maximum absolute atomic E-state index is 13.3. The standard InChI is InChI=1S/C17H20FIN2/c1-3-8-20-17(10-14-6-4-12(2)11-21-14)15-7-5-13(18)9-16(15)19/h4-7,9,11,17,20H,3,8,10H2,1-2H3. The SMILES string of the molecule is CCCNC(Cc1ccc(C)cn1)c1ccc(F)cc1I. The highest BCUT2D eigenvalue weighted by atomic mass is 127. The van der Waals surface area contributed by atoms with Crippen LogP contribution in [0.2, 0.25) is 0 Å². The zero-order chi connectivity index (χ0) is 15.2. The summed E-state index contributed by atoms with van der Waals surface area (Å²) in [5, 5.41) is 3.54. The summed E-state index contributed by atoms with van der Waals surface area (Å²) in [6.07, 6.45) is 3.76. The molecule has 0 spiro atoms. The van der Waals surface area contributed by atoms with Crippen LogP contribution < -0.4 is 5.32 Å². The van der Waals surface area contributed by atoms with Gasteiger partial charge in [0.1, 0.15) is 5.82 Å². The minimum Gasteiger partial charge on any atom is -0.310 e. The predicted molar refractivity (Wildman–Crippen MR) is 92.8 cm³/mol. The van der Waals surface area contributed by atoms with Gasteiger partial charge in [0, 0.05) is 27.9 Å². The minimum atomic E-state index is -0.189. The van der Waals surface area contributed by atoms with Gasteiger partial charge >= 0.3 is 0 Å². The van der Waals surface area contributed by atoms with E-state index in [0.717, 1.165) is 39.8 Å². The minimum absolute atomic E-state index is 0.160. The van der Waals surface area contributed by atoms with E-state index in [0.29, 0.717) is 0 Å². The number of aryl methyl sites for hydroxylation is 1. The largest absolute Gasteiger partial charge is 0.310 e. The Morgan fingerprint density at radius 2 is 2.10 bits per heavy atom. The Labute approximate surface area is 139 Å². The summed E-state index contributed by atoms with van der Waals surface area (Å²) in [7, 11) is 0.